The highest BCUT2D eigenvalue weighted by Gasteiger charge is 2.60. The summed E-state index contributed by atoms with van der Waals surface area (Å²) >= 11 is 0. The maximum absolute atomic E-state index is 14.3. The van der Waals surface area contributed by atoms with E-state index in [1.54, 1.807) is 86.6 Å². The highest BCUT2D eigenvalue weighted by atomic mass is 16.8. The van der Waals surface area contributed by atoms with Gasteiger partial charge in [-0.2, -0.15) is 0 Å². The van der Waals surface area contributed by atoms with E-state index in [2.05, 4.69) is 0 Å². The molecule has 0 amide bonds. The third-order valence-corrected chi connectivity index (χ3v) is 17.7. The number of hydrogen-bond donors (Lipinski definition) is 2. The first kappa shape index (κ1) is 79.4. The standard InChI is InChI=1S/C76H90O29/c1-41-58(86-35-50-25-15-10-16-26-50)65(67(72(85)92-41)89-38-53-31-21-13-22-32-53)104-73-57(83)63(87-36-51-27-17-11-18-28-51)59(42(2)93-73)102-76-69(105-74-68(99-48(8)81)62(97-46(6)79)55(40-91-74)95-44(4)77)64(88-37-52-29-19-12-20-30-52)61(56(101-76)39-90-71(84)54-33-23-14-24-34-54)103-75-70(100-49(9)82)66(98-47(7)80)60(43(3)94-75)96-45(5)78/h10-34,41-43,55-70,72-76,83,85H,35-40H2,1-9H3/t41-,42-,43-,55-,56-,57-,58-,59-,60+,61-,62+,63-,64+,65+,66+,67-,68-,69-,70-,72-,73+,74+,75+,76+/m1/s1. The molecule has 10 rings (SSSR count). The summed E-state index contributed by atoms with van der Waals surface area (Å²) in [5.74, 6) is -6.13. The Morgan fingerprint density at radius 2 is 0.733 bits per heavy atom. The maximum atomic E-state index is 14.3. The maximum Gasteiger partial charge on any atom is 0.338 e. The number of benzene rings is 5. The first-order valence-corrected chi connectivity index (χ1v) is 34.6. The van der Waals surface area contributed by atoms with Gasteiger partial charge in [-0.15, -0.1) is 0 Å². The predicted molar refractivity (Wildman–Crippen MR) is 359 cm³/mol. The fourth-order valence-corrected chi connectivity index (χ4v) is 13.1. The smallest absolute Gasteiger partial charge is 0.338 e. The van der Waals surface area contributed by atoms with Gasteiger partial charge in [-0.1, -0.05) is 140 Å². The second kappa shape index (κ2) is 37.9. The molecule has 5 heterocycles. The molecule has 29 heteroatoms. The summed E-state index contributed by atoms with van der Waals surface area (Å²) in [6.07, 6.45) is -36.9. The Kier molecular flexibility index (Phi) is 28.6. The van der Waals surface area contributed by atoms with Gasteiger partial charge >= 0.3 is 41.8 Å². The molecule has 0 spiro atoms. The molecule has 24 atom stereocenters. The van der Waals surface area contributed by atoms with Crippen LogP contribution in [0.1, 0.15) is 94.9 Å². The Morgan fingerprint density at radius 3 is 1.25 bits per heavy atom. The summed E-state index contributed by atoms with van der Waals surface area (Å²) in [5.41, 5.74) is 2.88. The van der Waals surface area contributed by atoms with Crippen LogP contribution in [-0.2, 0) is 150 Å². The molecule has 5 aliphatic heterocycles. The van der Waals surface area contributed by atoms with E-state index in [0.717, 1.165) is 52.7 Å². The lowest BCUT2D eigenvalue weighted by Gasteiger charge is -2.52. The van der Waals surface area contributed by atoms with Crippen LogP contribution in [0.3, 0.4) is 0 Å². The number of esters is 7. The molecular formula is C76H90O29. The number of hydrogen-bond acceptors (Lipinski definition) is 29. The molecule has 2 N–H and O–H groups in total. The second-order valence-corrected chi connectivity index (χ2v) is 25.8. The SMILES string of the molecule is CC(=O)O[C@H]1[C@@H](OC(C)=O)[C@@H](C)O[C@@H](O[C@H]2[C@H](OCc3ccccc3)[C@@H](O[C@@H]3OC[C@@H](OC(C)=O)[C@H](OC(C)=O)[C@H]3OC(C)=O)[C@H](O[C@H]3[C@H](OCc4ccccc4)[C@@H](O)[C@H](O[C@@H]4[C@@H](OCc5ccccc5)[C@H](O)O[C@H](C)[C@H]4OCc4ccccc4)O[C@@H]3C)O[C@@H]2COC(=O)c2ccccc2)[C@@H]1OC(C)=O. The van der Waals surface area contributed by atoms with E-state index >= 15 is 0 Å². The van der Waals surface area contributed by atoms with Crippen molar-refractivity contribution in [2.24, 2.45) is 0 Å². The third-order valence-electron chi connectivity index (χ3n) is 17.7. The molecule has 0 aliphatic carbocycles. The fraction of sp³-hybridized carbons (Fsp3) is 0.513. The van der Waals surface area contributed by atoms with Gasteiger partial charge in [-0.25, -0.2) is 4.79 Å². The molecule has 5 fully saturated rings. The Labute approximate surface area is 606 Å². The molecule has 0 bridgehead atoms. The average Bonchev–Trinajstić information content (AvgIpc) is 0.757. The summed E-state index contributed by atoms with van der Waals surface area (Å²) in [5, 5.41) is 25.0. The van der Waals surface area contributed by atoms with Crippen LogP contribution in [0.5, 0.6) is 0 Å². The molecule has 0 unspecified atom stereocenters. The van der Waals surface area contributed by atoms with Gasteiger partial charge < -0.3 is 105 Å². The quantitative estimate of drug-likeness (QED) is 0.0410. The predicted octanol–water partition coefficient (Wildman–Crippen LogP) is 5.98. The topological polar surface area (TPSA) is 345 Å². The monoisotopic (exact) mass is 1470 g/mol. The minimum absolute atomic E-state index is 0.0105. The van der Waals surface area contributed by atoms with E-state index in [0.29, 0.717) is 11.1 Å². The van der Waals surface area contributed by atoms with Crippen LogP contribution in [0.2, 0.25) is 0 Å². The summed E-state index contributed by atoms with van der Waals surface area (Å²) in [6.45, 7) is 9.61. The van der Waals surface area contributed by atoms with Gasteiger partial charge in [0.25, 0.3) is 0 Å². The van der Waals surface area contributed by atoms with Crippen molar-refractivity contribution in [3.63, 3.8) is 0 Å². The Hall–Kier alpha value is -8.21. The summed E-state index contributed by atoms with van der Waals surface area (Å²) in [4.78, 5) is 92.5. The lowest BCUT2D eigenvalue weighted by Crippen LogP contribution is -2.69. The Balaban J connectivity index is 1.10. The van der Waals surface area contributed by atoms with E-state index in [-0.39, 0.29) is 32.0 Å². The van der Waals surface area contributed by atoms with Crippen LogP contribution in [-0.4, -0.2) is 213 Å². The molecule has 0 saturated carbocycles. The average molecular weight is 1470 g/mol. The van der Waals surface area contributed by atoms with Crippen molar-refractivity contribution in [2.75, 3.05) is 13.2 Å². The van der Waals surface area contributed by atoms with Gasteiger partial charge in [-0.05, 0) is 55.2 Å². The molecule has 5 saturated heterocycles. The highest BCUT2D eigenvalue weighted by Crippen LogP contribution is 2.41. The second-order valence-electron chi connectivity index (χ2n) is 25.8. The Bertz CT molecular complexity index is 3540. The summed E-state index contributed by atoms with van der Waals surface area (Å²) in [6, 6.07) is 44.2. The van der Waals surface area contributed by atoms with Gasteiger partial charge in [-0.3, -0.25) is 28.8 Å². The molecular weight excluding hydrogens is 1380 g/mol. The molecule has 0 radical (unpaired) electrons. The summed E-state index contributed by atoms with van der Waals surface area (Å²) in [7, 11) is 0. The number of ether oxygens (including phenoxy) is 20. The van der Waals surface area contributed by atoms with Crippen molar-refractivity contribution >= 4 is 41.8 Å². The Morgan fingerprint density at radius 1 is 0.352 bits per heavy atom. The number of carbonyl (C=O) groups excluding carboxylic acids is 7. The molecule has 568 valence electrons. The zero-order valence-electron chi connectivity index (χ0n) is 59.4. The highest BCUT2D eigenvalue weighted by molar-refractivity contribution is 5.89. The number of aliphatic hydroxyl groups is 2. The van der Waals surface area contributed by atoms with Crippen molar-refractivity contribution in [1.29, 1.82) is 0 Å². The van der Waals surface area contributed by atoms with Crippen molar-refractivity contribution < 1.29 is 139 Å². The zero-order chi connectivity index (χ0) is 74.8. The lowest BCUT2D eigenvalue weighted by atomic mass is 9.95. The fourth-order valence-electron chi connectivity index (χ4n) is 13.1. The van der Waals surface area contributed by atoms with Crippen LogP contribution < -0.4 is 0 Å². The summed E-state index contributed by atoms with van der Waals surface area (Å²) < 4.78 is 129. The first-order chi connectivity index (χ1) is 50.5. The van der Waals surface area contributed by atoms with Crippen molar-refractivity contribution in [1.82, 2.24) is 0 Å². The van der Waals surface area contributed by atoms with E-state index in [4.69, 9.17) is 94.7 Å². The first-order valence-electron chi connectivity index (χ1n) is 34.6. The van der Waals surface area contributed by atoms with Gasteiger partial charge in [0.1, 0.15) is 67.6 Å². The van der Waals surface area contributed by atoms with Crippen LogP contribution in [0.4, 0.5) is 0 Å². The zero-order valence-corrected chi connectivity index (χ0v) is 59.4. The van der Waals surface area contributed by atoms with Crippen molar-refractivity contribution in [3.05, 3.63) is 179 Å². The van der Waals surface area contributed by atoms with Gasteiger partial charge in [0.05, 0.1) is 56.9 Å². The third kappa shape index (κ3) is 21.5. The van der Waals surface area contributed by atoms with Crippen LogP contribution in [0.15, 0.2) is 152 Å². The van der Waals surface area contributed by atoms with Gasteiger partial charge in [0, 0.05) is 41.5 Å². The molecule has 5 aromatic rings. The number of aliphatic hydroxyl groups excluding tert-OH is 2. The molecule has 0 aromatic heterocycles. The number of rotatable bonds is 29. The van der Waals surface area contributed by atoms with Crippen LogP contribution in [0.25, 0.3) is 0 Å². The van der Waals surface area contributed by atoms with Crippen molar-refractivity contribution in [3.8, 4) is 0 Å². The van der Waals surface area contributed by atoms with E-state index in [9.17, 15) is 43.8 Å². The van der Waals surface area contributed by atoms with E-state index in [1.807, 2.05) is 66.7 Å². The minimum Gasteiger partial charge on any atom is -0.459 e. The molecule has 5 aliphatic rings. The van der Waals surface area contributed by atoms with Crippen LogP contribution >= 0.6 is 0 Å². The molecule has 29 nitrogen and oxygen atoms in total. The van der Waals surface area contributed by atoms with Crippen LogP contribution in [0, 0.1) is 0 Å². The largest absolute Gasteiger partial charge is 0.459 e. The van der Waals surface area contributed by atoms with E-state index in [1.165, 1.54) is 19.1 Å². The number of carbonyl (C=O) groups is 7. The van der Waals surface area contributed by atoms with Gasteiger partial charge in [0.2, 0.25) is 0 Å². The minimum atomic E-state index is -1.93. The van der Waals surface area contributed by atoms with E-state index < -0.39 is 202 Å². The molecule has 5 aromatic carbocycles. The normalized spacial score (nSPS) is 32.5. The lowest BCUT2D eigenvalue weighted by molar-refractivity contribution is -0.405. The molecule has 105 heavy (non-hydrogen) atoms. The van der Waals surface area contributed by atoms with Gasteiger partial charge in [0.15, 0.2) is 68.1 Å². The van der Waals surface area contributed by atoms with Crippen molar-refractivity contribution in [2.45, 2.75) is 236 Å².